The number of hydrogen-bond donors (Lipinski definition) is 0. The largest absolute Gasteiger partial charge is 0.0616 e. The molecule has 0 saturated heterocycles. The Labute approximate surface area is 182 Å². The van der Waals surface area contributed by atoms with E-state index in [0.717, 1.165) is 0 Å². The van der Waals surface area contributed by atoms with Crippen LogP contribution in [0.15, 0.2) is 115 Å². The second-order valence-corrected chi connectivity index (χ2v) is 8.23. The summed E-state index contributed by atoms with van der Waals surface area (Å²) in [6.45, 7) is 2.23. The van der Waals surface area contributed by atoms with Crippen LogP contribution >= 0.6 is 0 Å². The van der Waals surface area contributed by atoms with E-state index in [0.29, 0.717) is 0 Å². The molecule has 0 saturated carbocycles. The van der Waals surface area contributed by atoms with E-state index < -0.39 is 0 Å². The molecule has 0 N–H and O–H groups in total. The van der Waals surface area contributed by atoms with Crippen molar-refractivity contribution in [2.45, 2.75) is 6.92 Å². The van der Waals surface area contributed by atoms with Gasteiger partial charge in [-0.15, -0.1) is 0 Å². The predicted molar refractivity (Wildman–Crippen MR) is 135 cm³/mol. The first-order valence-electron chi connectivity index (χ1n) is 10.8. The smallest absolute Gasteiger partial charge is 0.00266 e. The maximum Gasteiger partial charge on any atom is -0.00266 e. The monoisotopic (exact) mass is 394 g/mol. The standard InChI is InChI=1S/C31H22/c1-21-27-10-4-6-12-29(27)31(30-13-7-5-11-28(21)30)24-17-14-23(15-18-24)26-19-16-22-8-2-3-9-25(22)20-26/h2-20H,1H3. The van der Waals surface area contributed by atoms with E-state index in [9.17, 15) is 0 Å². The Bertz CT molecular complexity index is 1510. The number of aryl methyl sites for hydroxylation is 1. The predicted octanol–water partition coefficient (Wildman–Crippen LogP) is 8.79. The molecule has 0 amide bonds. The van der Waals surface area contributed by atoms with Crippen LogP contribution in [0.1, 0.15) is 5.56 Å². The highest BCUT2D eigenvalue weighted by molar-refractivity contribution is 6.14. The van der Waals surface area contributed by atoms with Gasteiger partial charge in [-0.1, -0.05) is 109 Å². The lowest BCUT2D eigenvalue weighted by atomic mass is 9.88. The highest BCUT2D eigenvalue weighted by Crippen LogP contribution is 2.39. The summed E-state index contributed by atoms with van der Waals surface area (Å²) in [5.74, 6) is 0. The fourth-order valence-electron chi connectivity index (χ4n) is 4.86. The SMILES string of the molecule is Cc1c2ccccc2c(-c2ccc(-c3ccc4ccccc4c3)cc2)c2ccccc12. The van der Waals surface area contributed by atoms with E-state index in [-0.39, 0.29) is 0 Å². The average Bonchev–Trinajstić information content (AvgIpc) is 2.84. The van der Waals surface area contributed by atoms with Crippen molar-refractivity contribution >= 4 is 32.3 Å². The first-order valence-corrected chi connectivity index (χ1v) is 10.8. The Balaban J connectivity index is 1.54. The molecule has 0 aliphatic carbocycles. The van der Waals surface area contributed by atoms with Crippen molar-refractivity contribution in [3.8, 4) is 22.3 Å². The molecule has 0 heterocycles. The average molecular weight is 395 g/mol. The van der Waals surface area contributed by atoms with Gasteiger partial charge < -0.3 is 0 Å². The van der Waals surface area contributed by atoms with Gasteiger partial charge in [-0.2, -0.15) is 0 Å². The molecule has 6 aromatic rings. The van der Waals surface area contributed by atoms with Crippen molar-refractivity contribution in [1.29, 1.82) is 0 Å². The number of fused-ring (bicyclic) bond motifs is 3. The summed E-state index contributed by atoms with van der Waals surface area (Å²) in [7, 11) is 0. The molecule has 0 bridgehead atoms. The van der Waals surface area contributed by atoms with Crippen molar-refractivity contribution in [3.05, 3.63) is 121 Å². The molecule has 0 aromatic heterocycles. The molecule has 0 heteroatoms. The molecule has 0 radical (unpaired) electrons. The number of hydrogen-bond acceptors (Lipinski definition) is 0. The van der Waals surface area contributed by atoms with Gasteiger partial charge in [0, 0.05) is 0 Å². The Morgan fingerprint density at radius 1 is 0.387 bits per heavy atom. The maximum absolute atomic E-state index is 2.28. The second kappa shape index (κ2) is 7.11. The maximum atomic E-state index is 2.28. The topological polar surface area (TPSA) is 0 Å². The van der Waals surface area contributed by atoms with Crippen LogP contribution in [0.2, 0.25) is 0 Å². The normalized spacial score (nSPS) is 11.4. The molecule has 0 atom stereocenters. The zero-order valence-corrected chi connectivity index (χ0v) is 17.5. The fourth-order valence-corrected chi connectivity index (χ4v) is 4.86. The van der Waals surface area contributed by atoms with Gasteiger partial charge in [-0.05, 0) is 73.1 Å². The summed E-state index contributed by atoms with van der Waals surface area (Å²) >= 11 is 0. The molecule has 0 spiro atoms. The van der Waals surface area contributed by atoms with Crippen molar-refractivity contribution in [1.82, 2.24) is 0 Å². The zero-order valence-electron chi connectivity index (χ0n) is 17.5. The molecular weight excluding hydrogens is 372 g/mol. The van der Waals surface area contributed by atoms with Crippen LogP contribution in [-0.2, 0) is 0 Å². The fraction of sp³-hybridized carbons (Fsp3) is 0.0323. The molecule has 6 rings (SSSR count). The lowest BCUT2D eigenvalue weighted by Gasteiger charge is -2.15. The van der Waals surface area contributed by atoms with Crippen LogP contribution in [0.3, 0.4) is 0 Å². The van der Waals surface area contributed by atoms with Gasteiger partial charge in [0.15, 0.2) is 0 Å². The van der Waals surface area contributed by atoms with Gasteiger partial charge in [-0.25, -0.2) is 0 Å². The van der Waals surface area contributed by atoms with Crippen LogP contribution in [-0.4, -0.2) is 0 Å². The van der Waals surface area contributed by atoms with Crippen LogP contribution in [0, 0.1) is 6.92 Å². The van der Waals surface area contributed by atoms with Crippen molar-refractivity contribution in [2.24, 2.45) is 0 Å². The van der Waals surface area contributed by atoms with E-state index in [1.54, 1.807) is 0 Å². The third kappa shape index (κ3) is 2.92. The van der Waals surface area contributed by atoms with Crippen molar-refractivity contribution in [2.75, 3.05) is 0 Å². The third-order valence-electron chi connectivity index (χ3n) is 6.46. The van der Waals surface area contributed by atoms with Gasteiger partial charge in [-0.3, -0.25) is 0 Å². The van der Waals surface area contributed by atoms with Crippen LogP contribution in [0.25, 0.3) is 54.6 Å². The minimum Gasteiger partial charge on any atom is -0.0616 e. The second-order valence-electron chi connectivity index (χ2n) is 8.23. The Morgan fingerprint density at radius 2 is 0.871 bits per heavy atom. The molecule has 0 nitrogen and oxygen atoms in total. The van der Waals surface area contributed by atoms with E-state index in [4.69, 9.17) is 0 Å². The number of benzene rings is 6. The Morgan fingerprint density at radius 3 is 1.52 bits per heavy atom. The van der Waals surface area contributed by atoms with E-state index >= 15 is 0 Å². The van der Waals surface area contributed by atoms with Gasteiger partial charge in [0.2, 0.25) is 0 Å². The summed E-state index contributed by atoms with van der Waals surface area (Å²) in [4.78, 5) is 0. The molecule has 0 fully saturated rings. The van der Waals surface area contributed by atoms with Crippen LogP contribution < -0.4 is 0 Å². The molecule has 0 unspecified atom stereocenters. The highest BCUT2D eigenvalue weighted by atomic mass is 14.2. The quantitative estimate of drug-likeness (QED) is 0.257. The van der Waals surface area contributed by atoms with Crippen molar-refractivity contribution < 1.29 is 0 Å². The van der Waals surface area contributed by atoms with Crippen LogP contribution in [0.4, 0.5) is 0 Å². The van der Waals surface area contributed by atoms with Gasteiger partial charge in [0.1, 0.15) is 0 Å². The van der Waals surface area contributed by atoms with Gasteiger partial charge in [0.05, 0.1) is 0 Å². The summed E-state index contributed by atoms with van der Waals surface area (Å²) in [5.41, 5.74) is 6.43. The van der Waals surface area contributed by atoms with E-state index in [2.05, 4.69) is 122 Å². The molecule has 0 aliphatic rings. The summed E-state index contributed by atoms with van der Waals surface area (Å²) < 4.78 is 0. The molecular formula is C31H22. The lowest BCUT2D eigenvalue weighted by molar-refractivity contribution is 1.57. The lowest BCUT2D eigenvalue weighted by Crippen LogP contribution is -1.89. The molecule has 6 aromatic carbocycles. The summed E-state index contributed by atoms with van der Waals surface area (Å²) in [6, 6.07) is 41.8. The van der Waals surface area contributed by atoms with Crippen molar-refractivity contribution in [3.63, 3.8) is 0 Å². The number of rotatable bonds is 2. The zero-order chi connectivity index (χ0) is 20.8. The highest BCUT2D eigenvalue weighted by Gasteiger charge is 2.12. The Kier molecular flexibility index (Phi) is 4.11. The minimum atomic E-state index is 1.25. The van der Waals surface area contributed by atoms with Crippen LogP contribution in [0.5, 0.6) is 0 Å². The van der Waals surface area contributed by atoms with Gasteiger partial charge >= 0.3 is 0 Å². The molecule has 31 heavy (non-hydrogen) atoms. The van der Waals surface area contributed by atoms with E-state index in [1.807, 2.05) is 0 Å². The van der Waals surface area contributed by atoms with E-state index in [1.165, 1.54) is 60.1 Å². The summed E-state index contributed by atoms with van der Waals surface area (Å²) in [6.07, 6.45) is 0. The Hall–Kier alpha value is -3.90. The van der Waals surface area contributed by atoms with Gasteiger partial charge in [0.25, 0.3) is 0 Å². The summed E-state index contributed by atoms with van der Waals surface area (Å²) in [5, 5.41) is 7.85. The minimum absolute atomic E-state index is 1.25. The first kappa shape index (κ1) is 17.9. The first-order chi connectivity index (χ1) is 15.3. The third-order valence-corrected chi connectivity index (χ3v) is 6.46. The molecule has 0 aliphatic heterocycles. The molecule has 146 valence electrons.